The average molecular weight is 338 g/mol. The summed E-state index contributed by atoms with van der Waals surface area (Å²) in [5.41, 5.74) is 3.88. The lowest BCUT2D eigenvalue weighted by molar-refractivity contribution is -0.0498. The molecule has 0 saturated carbocycles. The molecule has 3 rings (SSSR count). The van der Waals surface area contributed by atoms with Crippen LogP contribution in [0.5, 0.6) is 5.75 Å². The topological polar surface area (TPSA) is 35.0 Å². The standard InChI is InChI=1S/C20H16F2N2O/c1-14-12-23-19(24-13-14)17-8-4-15(5-9-17)2-3-16-6-10-18(11-7-16)25-20(21)22/h2-13,20H,1H3. The first kappa shape index (κ1) is 16.8. The van der Waals surface area contributed by atoms with Gasteiger partial charge in [0.25, 0.3) is 0 Å². The van der Waals surface area contributed by atoms with Crippen LogP contribution in [0.2, 0.25) is 0 Å². The lowest BCUT2D eigenvalue weighted by Gasteiger charge is -2.04. The minimum Gasteiger partial charge on any atom is -0.435 e. The van der Waals surface area contributed by atoms with Crippen molar-refractivity contribution < 1.29 is 13.5 Å². The second-order valence-corrected chi connectivity index (χ2v) is 5.49. The van der Waals surface area contributed by atoms with Crippen LogP contribution in [0.1, 0.15) is 16.7 Å². The van der Waals surface area contributed by atoms with Crippen molar-refractivity contribution >= 4 is 12.2 Å². The van der Waals surface area contributed by atoms with Gasteiger partial charge in [0.05, 0.1) is 0 Å². The molecule has 0 aliphatic rings. The molecule has 0 aliphatic carbocycles. The van der Waals surface area contributed by atoms with E-state index in [0.717, 1.165) is 22.3 Å². The lowest BCUT2D eigenvalue weighted by atomic mass is 10.1. The van der Waals surface area contributed by atoms with Crippen molar-refractivity contribution in [2.75, 3.05) is 0 Å². The Hall–Kier alpha value is -3.08. The smallest absolute Gasteiger partial charge is 0.387 e. The van der Waals surface area contributed by atoms with Crippen molar-refractivity contribution in [1.29, 1.82) is 0 Å². The number of hydrogen-bond donors (Lipinski definition) is 0. The minimum absolute atomic E-state index is 0.148. The van der Waals surface area contributed by atoms with Gasteiger partial charge in [0.2, 0.25) is 0 Å². The zero-order chi connectivity index (χ0) is 17.6. The van der Waals surface area contributed by atoms with E-state index in [0.29, 0.717) is 5.82 Å². The highest BCUT2D eigenvalue weighted by Gasteiger charge is 2.03. The molecule has 3 aromatic rings. The van der Waals surface area contributed by atoms with Gasteiger partial charge in [0.15, 0.2) is 5.82 Å². The SMILES string of the molecule is Cc1cnc(-c2ccc(C=Cc3ccc(OC(F)F)cc3)cc2)nc1. The molecule has 1 heterocycles. The zero-order valence-electron chi connectivity index (χ0n) is 13.6. The van der Waals surface area contributed by atoms with E-state index in [1.54, 1.807) is 24.5 Å². The van der Waals surface area contributed by atoms with Gasteiger partial charge in [-0.1, -0.05) is 48.6 Å². The monoisotopic (exact) mass is 338 g/mol. The Morgan fingerprint density at radius 1 is 0.840 bits per heavy atom. The van der Waals surface area contributed by atoms with Gasteiger partial charge < -0.3 is 4.74 Å². The van der Waals surface area contributed by atoms with Crippen molar-refractivity contribution in [2.45, 2.75) is 13.5 Å². The first-order valence-electron chi connectivity index (χ1n) is 7.72. The molecule has 126 valence electrons. The normalized spacial score (nSPS) is 11.2. The molecular formula is C20H16F2N2O. The van der Waals surface area contributed by atoms with Crippen molar-refractivity contribution in [3.8, 4) is 17.1 Å². The number of alkyl halides is 2. The van der Waals surface area contributed by atoms with E-state index in [1.165, 1.54) is 12.1 Å². The lowest BCUT2D eigenvalue weighted by Crippen LogP contribution is -2.01. The van der Waals surface area contributed by atoms with Crippen LogP contribution in [0.3, 0.4) is 0 Å². The third-order valence-electron chi connectivity index (χ3n) is 3.52. The highest BCUT2D eigenvalue weighted by atomic mass is 19.3. The number of benzene rings is 2. The second kappa shape index (κ2) is 7.66. The van der Waals surface area contributed by atoms with Crippen LogP contribution in [0.4, 0.5) is 8.78 Å². The van der Waals surface area contributed by atoms with Gasteiger partial charge in [0.1, 0.15) is 5.75 Å². The fraction of sp³-hybridized carbons (Fsp3) is 0.100. The molecule has 5 heteroatoms. The fourth-order valence-electron chi connectivity index (χ4n) is 2.24. The maximum absolute atomic E-state index is 12.1. The van der Waals surface area contributed by atoms with Crippen LogP contribution in [0.15, 0.2) is 60.9 Å². The Balaban J connectivity index is 1.68. The molecule has 0 radical (unpaired) electrons. The molecule has 3 nitrogen and oxygen atoms in total. The Labute approximate surface area is 144 Å². The largest absolute Gasteiger partial charge is 0.435 e. The van der Waals surface area contributed by atoms with E-state index in [2.05, 4.69) is 14.7 Å². The second-order valence-electron chi connectivity index (χ2n) is 5.49. The summed E-state index contributed by atoms with van der Waals surface area (Å²) in [5, 5.41) is 0. The first-order valence-corrected chi connectivity index (χ1v) is 7.72. The molecular weight excluding hydrogens is 322 g/mol. The molecule has 0 saturated heterocycles. The van der Waals surface area contributed by atoms with Gasteiger partial charge in [0, 0.05) is 18.0 Å². The molecule has 0 bridgehead atoms. The van der Waals surface area contributed by atoms with Gasteiger partial charge in [-0.3, -0.25) is 0 Å². The Morgan fingerprint density at radius 3 is 1.88 bits per heavy atom. The number of aryl methyl sites for hydroxylation is 1. The highest BCUT2D eigenvalue weighted by Crippen LogP contribution is 2.18. The van der Waals surface area contributed by atoms with Gasteiger partial charge in [-0.05, 0) is 35.7 Å². The van der Waals surface area contributed by atoms with Gasteiger partial charge in [-0.25, -0.2) is 9.97 Å². The summed E-state index contributed by atoms with van der Waals surface area (Å²) in [5.74, 6) is 0.838. The summed E-state index contributed by atoms with van der Waals surface area (Å²) in [7, 11) is 0. The van der Waals surface area contributed by atoms with Gasteiger partial charge in [-0.2, -0.15) is 8.78 Å². The van der Waals surface area contributed by atoms with Crippen molar-refractivity contribution in [3.63, 3.8) is 0 Å². The fourth-order valence-corrected chi connectivity index (χ4v) is 2.24. The Morgan fingerprint density at radius 2 is 1.36 bits per heavy atom. The van der Waals surface area contributed by atoms with Crippen LogP contribution >= 0.6 is 0 Å². The maximum atomic E-state index is 12.1. The molecule has 0 N–H and O–H groups in total. The molecule has 25 heavy (non-hydrogen) atoms. The van der Waals surface area contributed by atoms with E-state index in [9.17, 15) is 8.78 Å². The van der Waals surface area contributed by atoms with Crippen molar-refractivity contribution in [2.24, 2.45) is 0 Å². The quantitative estimate of drug-likeness (QED) is 0.598. The van der Waals surface area contributed by atoms with Gasteiger partial charge in [-0.15, -0.1) is 0 Å². The summed E-state index contributed by atoms with van der Waals surface area (Å²) < 4.78 is 28.6. The molecule has 0 atom stereocenters. The molecule has 2 aromatic carbocycles. The molecule has 0 amide bonds. The summed E-state index contributed by atoms with van der Waals surface area (Å²) >= 11 is 0. The molecule has 0 fully saturated rings. The number of ether oxygens (including phenoxy) is 1. The van der Waals surface area contributed by atoms with E-state index in [-0.39, 0.29) is 5.75 Å². The van der Waals surface area contributed by atoms with Crippen LogP contribution in [0.25, 0.3) is 23.5 Å². The number of hydrogen-bond acceptors (Lipinski definition) is 3. The van der Waals surface area contributed by atoms with Crippen molar-refractivity contribution in [1.82, 2.24) is 9.97 Å². The Bertz CT molecular complexity index is 842. The minimum atomic E-state index is -2.81. The zero-order valence-corrected chi connectivity index (χ0v) is 13.6. The summed E-state index contributed by atoms with van der Waals surface area (Å²) in [6.07, 6.45) is 7.43. The maximum Gasteiger partial charge on any atom is 0.387 e. The summed E-state index contributed by atoms with van der Waals surface area (Å²) in [6.45, 7) is -0.860. The number of nitrogens with zero attached hydrogens (tertiary/aromatic N) is 2. The Kier molecular flexibility index (Phi) is 5.14. The third-order valence-corrected chi connectivity index (χ3v) is 3.52. The van der Waals surface area contributed by atoms with Gasteiger partial charge >= 0.3 is 6.61 Å². The molecule has 0 spiro atoms. The number of halogens is 2. The van der Waals surface area contributed by atoms with Crippen LogP contribution in [-0.2, 0) is 0 Å². The summed E-state index contributed by atoms with van der Waals surface area (Å²) in [6, 6.07) is 14.4. The average Bonchev–Trinajstić information content (AvgIpc) is 2.62. The number of rotatable bonds is 5. The first-order chi connectivity index (χ1) is 12.1. The molecule has 1 aromatic heterocycles. The molecule has 0 aliphatic heterocycles. The third kappa shape index (κ3) is 4.70. The van der Waals surface area contributed by atoms with Crippen LogP contribution in [-0.4, -0.2) is 16.6 Å². The van der Waals surface area contributed by atoms with E-state index >= 15 is 0 Å². The summed E-state index contributed by atoms with van der Waals surface area (Å²) in [4.78, 5) is 8.61. The number of aromatic nitrogens is 2. The van der Waals surface area contributed by atoms with Crippen molar-refractivity contribution in [3.05, 3.63) is 77.6 Å². The highest BCUT2D eigenvalue weighted by molar-refractivity contribution is 5.71. The molecule has 0 unspecified atom stereocenters. The van der Waals surface area contributed by atoms with Crippen LogP contribution in [0, 0.1) is 6.92 Å². The van der Waals surface area contributed by atoms with Crippen LogP contribution < -0.4 is 4.74 Å². The predicted molar refractivity (Wildman–Crippen MR) is 94.2 cm³/mol. The van der Waals surface area contributed by atoms with E-state index < -0.39 is 6.61 Å². The van der Waals surface area contributed by atoms with E-state index in [4.69, 9.17) is 0 Å². The predicted octanol–water partition coefficient (Wildman–Crippen LogP) is 5.22. The van der Waals surface area contributed by atoms with E-state index in [1.807, 2.05) is 43.3 Å².